The van der Waals surface area contributed by atoms with Crippen LogP contribution in [0.2, 0.25) is 5.02 Å². The quantitative estimate of drug-likeness (QED) is 0.354. The van der Waals surface area contributed by atoms with Crippen molar-refractivity contribution >= 4 is 33.1 Å². The van der Waals surface area contributed by atoms with Gasteiger partial charge in [-0.05, 0) is 35.9 Å². The van der Waals surface area contributed by atoms with Crippen LogP contribution in [-0.2, 0) is 20.8 Å². The molecule has 0 saturated carbocycles. The molecule has 0 bridgehead atoms. The van der Waals surface area contributed by atoms with Crippen molar-refractivity contribution in [3.63, 3.8) is 0 Å². The molecular weight excluding hydrogens is 525 g/mol. The molecule has 0 aliphatic carbocycles. The Morgan fingerprint density at radius 1 is 1.14 bits per heavy atom. The van der Waals surface area contributed by atoms with Gasteiger partial charge in [-0.2, -0.15) is 17.9 Å². The molecule has 0 atom stereocenters. The van der Waals surface area contributed by atoms with Gasteiger partial charge in [0, 0.05) is 18.0 Å². The molecule has 3 aromatic heterocycles. The number of methoxy groups -OCH3 is 1. The van der Waals surface area contributed by atoms with E-state index in [-0.39, 0.29) is 38.3 Å². The van der Waals surface area contributed by atoms with Crippen LogP contribution < -0.4 is 5.69 Å². The van der Waals surface area contributed by atoms with E-state index in [4.69, 9.17) is 16.3 Å². The normalized spacial score (nSPS) is 12.2. The minimum Gasteiger partial charge on any atom is -0.465 e. The molecule has 0 unspecified atom stereocenters. The van der Waals surface area contributed by atoms with Crippen molar-refractivity contribution in [1.29, 1.82) is 0 Å². The minimum absolute atomic E-state index is 0.0395. The van der Waals surface area contributed by atoms with E-state index < -0.39 is 33.2 Å². The number of benzene rings is 1. The standard InChI is InChI=1S/C22H16ClF3N4O5S/c1-3-36(33,34)17-9-13(12-4-6-16(23)15(8-12)20(31)35-2)10-27-19(17)30-21(32)29-11-14(22(24,25)26)5-7-18(29)28-30/h4-11H,3H2,1-2H3. The summed E-state index contributed by atoms with van der Waals surface area (Å²) in [5.41, 5.74) is -1.57. The number of sulfone groups is 1. The fourth-order valence-corrected chi connectivity index (χ4v) is 4.62. The van der Waals surface area contributed by atoms with Crippen LogP contribution in [-0.4, -0.2) is 46.4 Å². The summed E-state index contributed by atoms with van der Waals surface area (Å²) in [6, 6.07) is 7.34. The first-order valence-electron chi connectivity index (χ1n) is 10.2. The molecule has 36 heavy (non-hydrogen) atoms. The van der Waals surface area contributed by atoms with Crippen molar-refractivity contribution in [2.45, 2.75) is 18.0 Å². The fourth-order valence-electron chi connectivity index (χ4n) is 3.39. The predicted molar refractivity (Wildman–Crippen MR) is 123 cm³/mol. The van der Waals surface area contributed by atoms with Crippen LogP contribution >= 0.6 is 11.6 Å². The summed E-state index contributed by atoms with van der Waals surface area (Å²) in [6.45, 7) is 1.38. The number of nitrogens with zero attached hydrogens (tertiary/aromatic N) is 4. The van der Waals surface area contributed by atoms with Gasteiger partial charge < -0.3 is 4.74 Å². The predicted octanol–water partition coefficient (Wildman–Crippen LogP) is 3.80. The van der Waals surface area contributed by atoms with E-state index in [1.807, 2.05) is 0 Å². The van der Waals surface area contributed by atoms with E-state index in [2.05, 4.69) is 10.1 Å². The van der Waals surface area contributed by atoms with Gasteiger partial charge >= 0.3 is 17.8 Å². The van der Waals surface area contributed by atoms with Gasteiger partial charge in [-0.15, -0.1) is 5.10 Å². The first-order valence-corrected chi connectivity index (χ1v) is 12.2. The van der Waals surface area contributed by atoms with Crippen molar-refractivity contribution in [2.75, 3.05) is 12.9 Å². The fraction of sp³-hybridized carbons (Fsp3) is 0.182. The molecule has 4 aromatic rings. The second-order valence-electron chi connectivity index (χ2n) is 7.47. The molecule has 14 heteroatoms. The van der Waals surface area contributed by atoms with Crippen LogP contribution in [0.3, 0.4) is 0 Å². The lowest BCUT2D eigenvalue weighted by molar-refractivity contribution is -0.137. The van der Waals surface area contributed by atoms with Gasteiger partial charge in [-0.3, -0.25) is 0 Å². The average Bonchev–Trinajstić information content (AvgIpc) is 3.18. The minimum atomic E-state index is -4.70. The van der Waals surface area contributed by atoms with Crippen LogP contribution in [0, 0.1) is 0 Å². The highest BCUT2D eigenvalue weighted by Crippen LogP contribution is 2.30. The number of rotatable bonds is 5. The largest absolute Gasteiger partial charge is 0.465 e. The van der Waals surface area contributed by atoms with E-state index in [1.165, 1.54) is 44.5 Å². The molecule has 9 nitrogen and oxygen atoms in total. The SMILES string of the molecule is CCS(=O)(=O)c1cc(-c2ccc(Cl)c(C(=O)OC)c2)cnc1-n1nc2ccc(C(F)(F)F)cn2c1=O. The van der Waals surface area contributed by atoms with Crippen molar-refractivity contribution in [1.82, 2.24) is 19.2 Å². The van der Waals surface area contributed by atoms with Gasteiger partial charge in [0.15, 0.2) is 21.3 Å². The Kier molecular flexibility index (Phi) is 6.39. The Morgan fingerprint density at radius 2 is 1.86 bits per heavy atom. The van der Waals surface area contributed by atoms with E-state index in [0.717, 1.165) is 12.1 Å². The summed E-state index contributed by atoms with van der Waals surface area (Å²) in [5.74, 6) is -1.45. The van der Waals surface area contributed by atoms with Gasteiger partial charge in [-0.25, -0.2) is 27.4 Å². The molecule has 4 rings (SSSR count). The van der Waals surface area contributed by atoms with E-state index in [0.29, 0.717) is 20.8 Å². The first kappa shape index (κ1) is 25.4. The maximum absolute atomic E-state index is 13.1. The number of hydrogen-bond acceptors (Lipinski definition) is 7. The maximum Gasteiger partial charge on any atom is 0.417 e. The van der Waals surface area contributed by atoms with Crippen LogP contribution in [0.5, 0.6) is 0 Å². The molecule has 0 fully saturated rings. The van der Waals surface area contributed by atoms with Crippen molar-refractivity contribution in [2.24, 2.45) is 0 Å². The highest BCUT2D eigenvalue weighted by atomic mass is 35.5. The number of ether oxygens (including phenoxy) is 1. The monoisotopic (exact) mass is 540 g/mol. The zero-order chi connectivity index (χ0) is 26.4. The Labute approximate surface area is 206 Å². The molecule has 0 aliphatic rings. The zero-order valence-electron chi connectivity index (χ0n) is 18.6. The van der Waals surface area contributed by atoms with Crippen LogP contribution in [0.1, 0.15) is 22.8 Å². The second kappa shape index (κ2) is 9.06. The number of hydrogen-bond donors (Lipinski definition) is 0. The summed E-state index contributed by atoms with van der Waals surface area (Å²) in [7, 11) is -2.82. The number of esters is 1. The van der Waals surface area contributed by atoms with Gasteiger partial charge in [0.1, 0.15) is 4.90 Å². The Bertz CT molecular complexity index is 1680. The highest BCUT2D eigenvalue weighted by molar-refractivity contribution is 7.91. The number of carbonyl (C=O) groups excluding carboxylic acids is 1. The van der Waals surface area contributed by atoms with Crippen LogP contribution in [0.25, 0.3) is 22.6 Å². The summed E-state index contributed by atoms with van der Waals surface area (Å²) in [5, 5.41) is 4.09. The number of fused-ring (bicyclic) bond motifs is 1. The molecule has 3 heterocycles. The summed E-state index contributed by atoms with van der Waals surface area (Å²) in [6.07, 6.45) is -2.88. The van der Waals surface area contributed by atoms with Gasteiger partial charge in [0.2, 0.25) is 0 Å². The topological polar surface area (TPSA) is 113 Å². The lowest BCUT2D eigenvalue weighted by Gasteiger charge is -2.11. The molecule has 0 radical (unpaired) electrons. The molecule has 0 amide bonds. The van der Waals surface area contributed by atoms with E-state index >= 15 is 0 Å². The molecule has 1 aromatic carbocycles. The van der Waals surface area contributed by atoms with Crippen LogP contribution in [0.4, 0.5) is 13.2 Å². The van der Waals surface area contributed by atoms with Crippen LogP contribution in [0.15, 0.2) is 58.5 Å². The summed E-state index contributed by atoms with van der Waals surface area (Å²) in [4.78, 5) is 28.7. The molecule has 0 saturated heterocycles. The molecular formula is C22H16ClF3N4O5S. The smallest absolute Gasteiger partial charge is 0.417 e. The van der Waals surface area contributed by atoms with Crippen molar-refractivity contribution in [3.05, 3.63) is 75.4 Å². The van der Waals surface area contributed by atoms with Gasteiger partial charge in [0.25, 0.3) is 0 Å². The molecule has 0 N–H and O–H groups in total. The summed E-state index contributed by atoms with van der Waals surface area (Å²) < 4.78 is 71.2. The Hall–Kier alpha value is -3.71. The Morgan fingerprint density at radius 3 is 2.50 bits per heavy atom. The Balaban J connectivity index is 1.94. The second-order valence-corrected chi connectivity index (χ2v) is 10.1. The lowest BCUT2D eigenvalue weighted by Crippen LogP contribution is -2.23. The van der Waals surface area contributed by atoms with E-state index in [1.54, 1.807) is 0 Å². The third kappa shape index (κ3) is 4.46. The van der Waals surface area contributed by atoms with Crippen molar-refractivity contribution < 1.29 is 31.1 Å². The highest BCUT2D eigenvalue weighted by Gasteiger charge is 2.32. The van der Waals surface area contributed by atoms with Crippen molar-refractivity contribution in [3.8, 4) is 16.9 Å². The zero-order valence-corrected chi connectivity index (χ0v) is 20.1. The van der Waals surface area contributed by atoms with Gasteiger partial charge in [-0.1, -0.05) is 24.6 Å². The third-order valence-electron chi connectivity index (χ3n) is 5.30. The average molecular weight is 541 g/mol. The number of aromatic nitrogens is 4. The number of pyridine rings is 2. The third-order valence-corrected chi connectivity index (χ3v) is 7.36. The number of halogens is 4. The molecule has 0 spiro atoms. The maximum atomic E-state index is 13.1. The summed E-state index contributed by atoms with van der Waals surface area (Å²) >= 11 is 6.05. The van der Waals surface area contributed by atoms with Gasteiger partial charge in [0.05, 0.1) is 29.0 Å². The first-order chi connectivity index (χ1) is 16.9. The van der Waals surface area contributed by atoms with E-state index in [9.17, 15) is 31.2 Å². The molecule has 188 valence electrons. The lowest BCUT2D eigenvalue weighted by atomic mass is 10.0. The number of alkyl halides is 3. The number of carbonyl (C=O) groups is 1. The molecule has 0 aliphatic heterocycles.